The lowest BCUT2D eigenvalue weighted by Crippen LogP contribution is -2.41. The summed E-state index contributed by atoms with van der Waals surface area (Å²) in [5, 5.41) is -0.404. The molecule has 1 unspecified atom stereocenters. The Balaban J connectivity index is 4.09. The van der Waals surface area contributed by atoms with Gasteiger partial charge in [0, 0.05) is 12.6 Å². The van der Waals surface area contributed by atoms with Gasteiger partial charge in [0.05, 0.1) is 0 Å². The van der Waals surface area contributed by atoms with Crippen molar-refractivity contribution >= 4 is 17.5 Å². The average Bonchev–Trinajstić information content (AvgIpc) is 2.10. The maximum atomic E-state index is 11.7. The van der Waals surface area contributed by atoms with E-state index in [2.05, 4.69) is 6.92 Å². The van der Waals surface area contributed by atoms with Gasteiger partial charge in [0.2, 0.25) is 5.91 Å². The Bertz CT molecular complexity index is 169. The molecule has 84 valence electrons. The molecule has 0 fully saturated rings. The fourth-order valence-electron chi connectivity index (χ4n) is 1.38. The van der Waals surface area contributed by atoms with Gasteiger partial charge in [-0.1, -0.05) is 19.8 Å². The summed E-state index contributed by atoms with van der Waals surface area (Å²) in [6.45, 7) is 8.79. The largest absolute Gasteiger partial charge is 0.339 e. The molecule has 0 radical (unpaired) electrons. The van der Waals surface area contributed by atoms with Crippen molar-refractivity contribution in [3.05, 3.63) is 0 Å². The third-order valence-electron chi connectivity index (χ3n) is 2.25. The zero-order valence-corrected chi connectivity index (χ0v) is 10.5. The summed E-state index contributed by atoms with van der Waals surface area (Å²) < 4.78 is 0. The number of alkyl halides is 1. The van der Waals surface area contributed by atoms with Crippen LogP contribution in [0.4, 0.5) is 0 Å². The van der Waals surface area contributed by atoms with E-state index in [1.165, 1.54) is 12.8 Å². The van der Waals surface area contributed by atoms with Crippen LogP contribution in [0.3, 0.4) is 0 Å². The summed E-state index contributed by atoms with van der Waals surface area (Å²) in [5.41, 5.74) is 0. The molecule has 0 bridgehead atoms. The van der Waals surface area contributed by atoms with Crippen LogP contribution < -0.4 is 0 Å². The zero-order valence-electron chi connectivity index (χ0n) is 9.72. The molecule has 1 amide bonds. The first-order valence-corrected chi connectivity index (χ1v) is 5.88. The fraction of sp³-hybridized carbons (Fsp3) is 0.909. The maximum Gasteiger partial charge on any atom is 0.240 e. The number of nitrogens with zero attached hydrogens (tertiary/aromatic N) is 1. The third kappa shape index (κ3) is 4.85. The van der Waals surface area contributed by atoms with Gasteiger partial charge in [-0.05, 0) is 27.2 Å². The first-order chi connectivity index (χ1) is 6.50. The number of carbonyl (C=O) groups excluding carboxylic acids is 1. The second-order valence-corrected chi connectivity index (χ2v) is 4.60. The van der Waals surface area contributed by atoms with E-state index in [1.807, 2.05) is 18.7 Å². The first-order valence-electron chi connectivity index (χ1n) is 5.45. The number of carbonyl (C=O) groups is 1. The molecule has 0 aliphatic rings. The van der Waals surface area contributed by atoms with Crippen LogP contribution in [0.15, 0.2) is 0 Å². The van der Waals surface area contributed by atoms with Gasteiger partial charge in [-0.25, -0.2) is 0 Å². The highest BCUT2D eigenvalue weighted by Crippen LogP contribution is 2.08. The van der Waals surface area contributed by atoms with Crippen LogP contribution in [0.1, 0.15) is 47.0 Å². The van der Waals surface area contributed by atoms with E-state index in [4.69, 9.17) is 11.6 Å². The summed E-state index contributed by atoms with van der Waals surface area (Å²) in [4.78, 5) is 13.5. The Kier molecular flexibility index (Phi) is 6.98. The van der Waals surface area contributed by atoms with Gasteiger partial charge in [-0.2, -0.15) is 0 Å². The molecule has 1 atom stereocenters. The van der Waals surface area contributed by atoms with Crippen LogP contribution in [-0.2, 0) is 4.79 Å². The number of rotatable bonds is 6. The lowest BCUT2D eigenvalue weighted by molar-refractivity contribution is -0.132. The van der Waals surface area contributed by atoms with Crippen LogP contribution in [0.2, 0.25) is 0 Å². The van der Waals surface area contributed by atoms with Gasteiger partial charge in [-0.15, -0.1) is 11.6 Å². The van der Waals surface area contributed by atoms with Crippen LogP contribution in [0.25, 0.3) is 0 Å². The zero-order chi connectivity index (χ0) is 11.1. The van der Waals surface area contributed by atoms with E-state index < -0.39 is 5.38 Å². The number of halogens is 1. The standard InChI is InChI=1S/C11H22ClNO/c1-5-6-7-8-13(9(2)3)11(14)10(4)12/h9-10H,5-8H2,1-4H3. The third-order valence-corrected chi connectivity index (χ3v) is 2.44. The van der Waals surface area contributed by atoms with Crippen LogP contribution in [0, 0.1) is 0 Å². The Hall–Kier alpha value is -0.240. The number of hydrogen-bond acceptors (Lipinski definition) is 1. The van der Waals surface area contributed by atoms with Crippen LogP contribution in [0.5, 0.6) is 0 Å². The van der Waals surface area contributed by atoms with Crippen molar-refractivity contribution in [1.82, 2.24) is 4.90 Å². The Morgan fingerprint density at radius 3 is 2.21 bits per heavy atom. The Morgan fingerprint density at radius 2 is 1.86 bits per heavy atom. The highest BCUT2D eigenvalue weighted by molar-refractivity contribution is 6.30. The fourth-order valence-corrected chi connectivity index (χ4v) is 1.51. The number of hydrogen-bond donors (Lipinski definition) is 0. The summed E-state index contributed by atoms with van der Waals surface area (Å²) >= 11 is 5.79. The molecule has 2 nitrogen and oxygen atoms in total. The van der Waals surface area contributed by atoms with Crippen molar-refractivity contribution in [1.29, 1.82) is 0 Å². The predicted octanol–water partition coefficient (Wildman–Crippen LogP) is 3.04. The van der Waals surface area contributed by atoms with Crippen molar-refractivity contribution in [3.63, 3.8) is 0 Å². The van der Waals surface area contributed by atoms with Crippen molar-refractivity contribution in [3.8, 4) is 0 Å². The van der Waals surface area contributed by atoms with Gasteiger partial charge in [0.1, 0.15) is 5.38 Å². The van der Waals surface area contributed by atoms with Crippen molar-refractivity contribution < 1.29 is 4.79 Å². The SMILES string of the molecule is CCCCCN(C(=O)C(C)Cl)C(C)C. The predicted molar refractivity (Wildman–Crippen MR) is 61.7 cm³/mol. The summed E-state index contributed by atoms with van der Waals surface area (Å²) in [6, 6.07) is 0.251. The maximum absolute atomic E-state index is 11.7. The molecule has 0 heterocycles. The molecule has 0 aliphatic heterocycles. The molecular formula is C11H22ClNO. The van der Waals surface area contributed by atoms with E-state index in [9.17, 15) is 4.79 Å². The quantitative estimate of drug-likeness (QED) is 0.497. The van der Waals surface area contributed by atoms with E-state index in [0.29, 0.717) is 0 Å². The summed E-state index contributed by atoms with van der Waals surface area (Å²) in [6.07, 6.45) is 3.42. The van der Waals surface area contributed by atoms with Gasteiger partial charge in [0.15, 0.2) is 0 Å². The molecule has 14 heavy (non-hydrogen) atoms. The second-order valence-electron chi connectivity index (χ2n) is 3.95. The monoisotopic (exact) mass is 219 g/mol. The van der Waals surface area contributed by atoms with Crippen molar-refractivity contribution in [2.45, 2.75) is 58.4 Å². The summed E-state index contributed by atoms with van der Waals surface area (Å²) in [5.74, 6) is 0.0535. The molecular weight excluding hydrogens is 198 g/mol. The lowest BCUT2D eigenvalue weighted by Gasteiger charge is -2.27. The van der Waals surface area contributed by atoms with E-state index in [-0.39, 0.29) is 11.9 Å². The van der Waals surface area contributed by atoms with Gasteiger partial charge < -0.3 is 4.90 Å². The summed E-state index contributed by atoms with van der Waals surface area (Å²) in [7, 11) is 0. The van der Waals surface area contributed by atoms with Crippen molar-refractivity contribution in [2.75, 3.05) is 6.54 Å². The lowest BCUT2D eigenvalue weighted by atomic mass is 10.2. The van der Waals surface area contributed by atoms with E-state index in [0.717, 1.165) is 13.0 Å². The number of amides is 1. The molecule has 0 aromatic carbocycles. The smallest absolute Gasteiger partial charge is 0.240 e. The van der Waals surface area contributed by atoms with E-state index in [1.54, 1.807) is 6.92 Å². The van der Waals surface area contributed by atoms with Crippen molar-refractivity contribution in [2.24, 2.45) is 0 Å². The molecule has 0 spiro atoms. The number of unbranched alkanes of at least 4 members (excludes halogenated alkanes) is 2. The Morgan fingerprint density at radius 1 is 1.29 bits per heavy atom. The van der Waals surface area contributed by atoms with Crippen LogP contribution in [-0.4, -0.2) is 28.8 Å². The first kappa shape index (κ1) is 13.8. The molecule has 0 aromatic rings. The minimum Gasteiger partial charge on any atom is -0.339 e. The minimum absolute atomic E-state index is 0.0535. The average molecular weight is 220 g/mol. The van der Waals surface area contributed by atoms with Gasteiger partial charge in [0.25, 0.3) is 0 Å². The molecule has 0 saturated heterocycles. The molecule has 3 heteroatoms. The Labute approximate surface area is 92.6 Å². The van der Waals surface area contributed by atoms with E-state index >= 15 is 0 Å². The van der Waals surface area contributed by atoms with Crippen LogP contribution >= 0.6 is 11.6 Å². The highest BCUT2D eigenvalue weighted by atomic mass is 35.5. The minimum atomic E-state index is -0.404. The normalized spacial score (nSPS) is 13.0. The molecule has 0 aliphatic carbocycles. The highest BCUT2D eigenvalue weighted by Gasteiger charge is 2.20. The second kappa shape index (κ2) is 7.10. The molecule has 0 N–H and O–H groups in total. The van der Waals surface area contributed by atoms with Gasteiger partial charge in [-0.3, -0.25) is 4.79 Å². The topological polar surface area (TPSA) is 20.3 Å². The van der Waals surface area contributed by atoms with Gasteiger partial charge >= 0.3 is 0 Å². The molecule has 0 saturated carbocycles. The molecule has 0 rings (SSSR count). The molecule has 0 aromatic heterocycles.